The maximum Gasteiger partial charge on any atom is 0.262 e. The quantitative estimate of drug-likeness (QED) is 0.731. The first-order chi connectivity index (χ1) is 15.3. The van der Waals surface area contributed by atoms with Gasteiger partial charge in [-0.2, -0.15) is 0 Å². The van der Waals surface area contributed by atoms with Crippen LogP contribution in [0.3, 0.4) is 0 Å². The van der Waals surface area contributed by atoms with E-state index >= 15 is 0 Å². The molecule has 8 heteroatoms. The first-order valence-corrected chi connectivity index (χ1v) is 10.2. The highest BCUT2D eigenvalue weighted by atomic mass is 16.5. The lowest BCUT2D eigenvalue weighted by molar-refractivity contribution is -0.125. The van der Waals surface area contributed by atoms with Crippen molar-refractivity contribution in [2.45, 2.75) is 25.4 Å². The summed E-state index contributed by atoms with van der Waals surface area (Å²) in [4.78, 5) is 54.1. The van der Waals surface area contributed by atoms with Crippen molar-refractivity contribution >= 4 is 23.6 Å². The Balaban J connectivity index is 1.60. The summed E-state index contributed by atoms with van der Waals surface area (Å²) in [5, 5.41) is 2.62. The Hall–Kier alpha value is -3.94. The number of rotatable bonds is 5. The van der Waals surface area contributed by atoms with Crippen LogP contribution in [0.2, 0.25) is 0 Å². The van der Waals surface area contributed by atoms with Gasteiger partial charge < -0.3 is 15.0 Å². The van der Waals surface area contributed by atoms with Gasteiger partial charge in [0.1, 0.15) is 11.8 Å². The van der Waals surface area contributed by atoms with Gasteiger partial charge in [-0.1, -0.05) is 24.8 Å². The molecule has 2 aromatic carbocycles. The fourth-order valence-corrected chi connectivity index (χ4v) is 4.10. The molecule has 0 saturated carbocycles. The molecule has 0 aliphatic carbocycles. The van der Waals surface area contributed by atoms with E-state index in [1.165, 1.54) is 12.0 Å². The predicted octanol–water partition coefficient (Wildman–Crippen LogP) is 2.36. The molecule has 0 spiro atoms. The van der Waals surface area contributed by atoms with Crippen LogP contribution >= 0.6 is 0 Å². The molecule has 8 nitrogen and oxygen atoms in total. The van der Waals surface area contributed by atoms with Crippen molar-refractivity contribution in [3.8, 4) is 5.75 Å². The van der Waals surface area contributed by atoms with Gasteiger partial charge in [-0.05, 0) is 42.7 Å². The maximum absolute atomic E-state index is 13.2. The normalized spacial score (nSPS) is 17.8. The first kappa shape index (κ1) is 21.3. The second-order valence-electron chi connectivity index (χ2n) is 7.86. The summed E-state index contributed by atoms with van der Waals surface area (Å²) >= 11 is 0. The summed E-state index contributed by atoms with van der Waals surface area (Å²) in [7, 11) is 3.15. The number of methoxy groups -OCH3 is 1. The molecule has 2 heterocycles. The van der Waals surface area contributed by atoms with Crippen LogP contribution in [0.25, 0.3) is 0 Å². The second-order valence-corrected chi connectivity index (χ2v) is 7.86. The van der Waals surface area contributed by atoms with Crippen LogP contribution in [0.5, 0.6) is 5.75 Å². The van der Waals surface area contributed by atoms with E-state index < -0.39 is 23.8 Å². The molecule has 4 amide bonds. The number of hydrogen-bond donors (Lipinski definition) is 1. The van der Waals surface area contributed by atoms with Gasteiger partial charge in [0.25, 0.3) is 17.7 Å². The molecule has 2 aliphatic heterocycles. The number of ether oxygens (including phenoxy) is 1. The van der Waals surface area contributed by atoms with Gasteiger partial charge in [0.05, 0.1) is 18.2 Å². The summed E-state index contributed by atoms with van der Waals surface area (Å²) in [5.41, 5.74) is 2.04. The molecule has 1 unspecified atom stereocenters. The van der Waals surface area contributed by atoms with Crippen molar-refractivity contribution in [3.63, 3.8) is 0 Å². The highest BCUT2D eigenvalue weighted by Crippen LogP contribution is 2.31. The summed E-state index contributed by atoms with van der Waals surface area (Å²) in [5.74, 6) is -1.12. The number of fused-ring (bicyclic) bond motifs is 1. The lowest BCUT2D eigenvalue weighted by Crippen LogP contribution is -2.51. The van der Waals surface area contributed by atoms with E-state index in [1.54, 1.807) is 49.5 Å². The Morgan fingerprint density at radius 2 is 1.94 bits per heavy atom. The third kappa shape index (κ3) is 3.64. The molecule has 0 radical (unpaired) electrons. The zero-order valence-corrected chi connectivity index (χ0v) is 17.9. The molecule has 1 N–H and O–H groups in total. The van der Waals surface area contributed by atoms with E-state index in [4.69, 9.17) is 4.74 Å². The molecule has 0 aromatic heterocycles. The third-order valence-electron chi connectivity index (χ3n) is 5.74. The van der Waals surface area contributed by atoms with Crippen LogP contribution in [0.1, 0.15) is 49.5 Å². The number of amides is 4. The van der Waals surface area contributed by atoms with E-state index in [0.717, 1.165) is 4.90 Å². The van der Waals surface area contributed by atoms with Gasteiger partial charge in [-0.25, -0.2) is 0 Å². The summed E-state index contributed by atoms with van der Waals surface area (Å²) in [6, 6.07) is 10.9. The lowest BCUT2D eigenvalue weighted by Gasteiger charge is -2.29. The smallest absolute Gasteiger partial charge is 0.262 e. The molecule has 1 fully saturated rings. The number of allylic oxidation sites excluding steroid dienone is 1. The number of carbonyl (C=O) groups excluding carboxylic acids is 4. The molecule has 2 aliphatic rings. The zero-order chi connectivity index (χ0) is 23.0. The second kappa shape index (κ2) is 8.30. The van der Waals surface area contributed by atoms with Gasteiger partial charge in [0.2, 0.25) is 5.91 Å². The molecule has 1 atom stereocenters. The fraction of sp³-hybridized carbons (Fsp3) is 0.250. The molecule has 1 saturated heterocycles. The SMILES string of the molecule is C=C1CCC(N2C(=O)c3cccc(CN(C)C(=O)c4cccc(OC)c4)c3C2=O)C(=O)N1. The van der Waals surface area contributed by atoms with Gasteiger partial charge in [-0.3, -0.25) is 24.1 Å². The van der Waals surface area contributed by atoms with Gasteiger partial charge >= 0.3 is 0 Å². The summed E-state index contributed by atoms with van der Waals surface area (Å²) in [6.07, 6.45) is 0.828. The molecule has 32 heavy (non-hydrogen) atoms. The van der Waals surface area contributed by atoms with Crippen molar-refractivity contribution in [2.75, 3.05) is 14.2 Å². The number of carbonyl (C=O) groups is 4. The Bertz CT molecular complexity index is 1160. The van der Waals surface area contributed by atoms with E-state index in [0.29, 0.717) is 35.4 Å². The first-order valence-electron chi connectivity index (χ1n) is 10.2. The van der Waals surface area contributed by atoms with Crippen LogP contribution in [-0.4, -0.2) is 53.6 Å². The average Bonchev–Trinajstić information content (AvgIpc) is 3.04. The Morgan fingerprint density at radius 1 is 1.19 bits per heavy atom. The molecular weight excluding hydrogens is 410 g/mol. The van der Waals surface area contributed by atoms with Crippen LogP contribution in [-0.2, 0) is 11.3 Å². The number of piperidine rings is 1. The minimum absolute atomic E-state index is 0.125. The lowest BCUT2D eigenvalue weighted by atomic mass is 10.0. The number of benzene rings is 2. The molecule has 4 rings (SSSR count). The van der Waals surface area contributed by atoms with Crippen LogP contribution in [0, 0.1) is 0 Å². The van der Waals surface area contributed by atoms with Gasteiger partial charge in [0, 0.05) is 24.9 Å². The summed E-state index contributed by atoms with van der Waals surface area (Å²) < 4.78 is 5.18. The predicted molar refractivity (Wildman–Crippen MR) is 116 cm³/mol. The Labute approximate surface area is 185 Å². The van der Waals surface area contributed by atoms with E-state index in [-0.39, 0.29) is 23.6 Å². The van der Waals surface area contributed by atoms with Crippen molar-refractivity contribution in [3.05, 3.63) is 77.0 Å². The highest BCUT2D eigenvalue weighted by molar-refractivity contribution is 6.23. The summed E-state index contributed by atoms with van der Waals surface area (Å²) in [6.45, 7) is 3.86. The van der Waals surface area contributed by atoms with Crippen molar-refractivity contribution in [1.82, 2.24) is 15.1 Å². The third-order valence-corrected chi connectivity index (χ3v) is 5.74. The van der Waals surface area contributed by atoms with Crippen molar-refractivity contribution < 1.29 is 23.9 Å². The fourth-order valence-electron chi connectivity index (χ4n) is 4.10. The number of hydrogen-bond acceptors (Lipinski definition) is 5. The van der Waals surface area contributed by atoms with E-state index in [9.17, 15) is 19.2 Å². The van der Waals surface area contributed by atoms with Crippen LogP contribution in [0.15, 0.2) is 54.7 Å². The van der Waals surface area contributed by atoms with Gasteiger partial charge in [0.15, 0.2) is 0 Å². The van der Waals surface area contributed by atoms with Crippen molar-refractivity contribution in [2.24, 2.45) is 0 Å². The zero-order valence-electron chi connectivity index (χ0n) is 17.9. The standard InChI is InChI=1S/C24H23N3O5/c1-14-10-11-19(21(28)25-14)27-23(30)18-9-5-7-16(20(18)24(27)31)13-26(2)22(29)15-6-4-8-17(12-15)32-3/h4-9,12,19H,1,10-11,13H2,2-3H3,(H,25,28). The van der Waals surface area contributed by atoms with Crippen LogP contribution in [0.4, 0.5) is 0 Å². The topological polar surface area (TPSA) is 96.0 Å². The van der Waals surface area contributed by atoms with Crippen molar-refractivity contribution in [1.29, 1.82) is 0 Å². The number of nitrogens with zero attached hydrogens (tertiary/aromatic N) is 2. The maximum atomic E-state index is 13.2. The minimum atomic E-state index is -0.878. The highest BCUT2D eigenvalue weighted by Gasteiger charge is 2.44. The monoisotopic (exact) mass is 433 g/mol. The van der Waals surface area contributed by atoms with E-state index in [2.05, 4.69) is 11.9 Å². The minimum Gasteiger partial charge on any atom is -0.497 e. The number of nitrogens with one attached hydrogen (secondary N) is 1. The Kier molecular flexibility index (Phi) is 5.52. The molecule has 0 bridgehead atoms. The van der Waals surface area contributed by atoms with Gasteiger partial charge in [-0.15, -0.1) is 0 Å². The molecular formula is C24H23N3O5. The van der Waals surface area contributed by atoms with E-state index in [1.807, 2.05) is 0 Å². The molecule has 164 valence electrons. The largest absolute Gasteiger partial charge is 0.497 e. The number of imide groups is 1. The average molecular weight is 433 g/mol. The van der Waals surface area contributed by atoms with Crippen LogP contribution < -0.4 is 10.1 Å². The Morgan fingerprint density at radius 3 is 2.66 bits per heavy atom. The molecule has 2 aromatic rings.